The average molecular weight is 287 g/mol. The summed E-state index contributed by atoms with van der Waals surface area (Å²) in [6.07, 6.45) is 0.905. The van der Waals surface area contributed by atoms with Crippen LogP contribution in [0.5, 0.6) is 0 Å². The van der Waals surface area contributed by atoms with Gasteiger partial charge in [0.15, 0.2) is 0 Å². The maximum Gasteiger partial charge on any atom is 0.251 e. The number of carbonyl (C=O) groups excluding carboxylic acids is 1. The molecule has 0 radical (unpaired) electrons. The Hall–Kier alpha value is -1.88. The van der Waals surface area contributed by atoms with E-state index >= 15 is 0 Å². The Kier molecular flexibility index (Phi) is 3.68. The zero-order chi connectivity index (χ0) is 15.0. The summed E-state index contributed by atoms with van der Waals surface area (Å²) in [6, 6.07) is 8.02. The number of hydrogen-bond donors (Lipinski definition) is 1. The van der Waals surface area contributed by atoms with Gasteiger partial charge in [-0.3, -0.25) is 4.79 Å². The van der Waals surface area contributed by atoms with Crippen molar-refractivity contribution in [1.82, 2.24) is 14.5 Å². The van der Waals surface area contributed by atoms with Crippen LogP contribution in [0.1, 0.15) is 38.6 Å². The summed E-state index contributed by atoms with van der Waals surface area (Å²) in [6.45, 7) is 5.14. The van der Waals surface area contributed by atoms with Crippen LogP contribution in [-0.2, 0) is 11.3 Å². The topological polar surface area (TPSA) is 58.4 Å². The molecule has 5 heteroatoms. The summed E-state index contributed by atoms with van der Waals surface area (Å²) in [5.41, 5.74) is 2.07. The molecule has 1 N–H and O–H groups in total. The number of likely N-dealkylation sites (tertiary alicyclic amines) is 1. The molecule has 1 saturated heterocycles. The number of nitrogens with zero attached hydrogens (tertiary/aromatic N) is 3. The second kappa shape index (κ2) is 5.48. The van der Waals surface area contributed by atoms with Crippen molar-refractivity contribution >= 4 is 16.9 Å². The standard InChI is InChI=1S/C16H21N3O2/c1-3-18-13-8-5-4-7-12(13)17-15(18)14-9-6-10-19(14)16(21)11(2)20/h4-5,7-8,11,14,20H,3,6,9-10H2,1-2H3. The molecule has 1 aliphatic rings. The third-order valence-electron chi connectivity index (χ3n) is 4.19. The number of amides is 1. The molecular formula is C16H21N3O2. The largest absolute Gasteiger partial charge is 0.384 e. The SMILES string of the molecule is CCn1c(C2CCCN2C(=O)C(C)O)nc2ccccc21. The molecule has 112 valence electrons. The second-order valence-electron chi connectivity index (χ2n) is 5.57. The van der Waals surface area contributed by atoms with E-state index in [1.807, 2.05) is 18.2 Å². The van der Waals surface area contributed by atoms with Crippen molar-refractivity contribution < 1.29 is 9.90 Å². The minimum absolute atomic E-state index is 0.0283. The van der Waals surface area contributed by atoms with Gasteiger partial charge in [-0.2, -0.15) is 0 Å². The van der Waals surface area contributed by atoms with Crippen molar-refractivity contribution in [3.05, 3.63) is 30.1 Å². The van der Waals surface area contributed by atoms with Gasteiger partial charge in [-0.05, 0) is 38.8 Å². The second-order valence-corrected chi connectivity index (χ2v) is 5.57. The van der Waals surface area contributed by atoms with Crippen LogP contribution in [0.3, 0.4) is 0 Å². The van der Waals surface area contributed by atoms with Crippen molar-refractivity contribution in [2.45, 2.75) is 45.4 Å². The molecule has 1 fully saturated rings. The molecule has 0 saturated carbocycles. The number of aromatic nitrogens is 2. The highest BCUT2D eigenvalue weighted by Crippen LogP contribution is 2.33. The molecule has 3 rings (SSSR count). The first-order chi connectivity index (χ1) is 10.1. The van der Waals surface area contributed by atoms with Crippen molar-refractivity contribution in [3.8, 4) is 0 Å². The number of aliphatic hydroxyl groups is 1. The molecule has 1 aromatic carbocycles. The zero-order valence-electron chi connectivity index (χ0n) is 12.5. The zero-order valence-corrected chi connectivity index (χ0v) is 12.5. The fourth-order valence-corrected chi connectivity index (χ4v) is 3.22. The fraction of sp³-hybridized carbons (Fsp3) is 0.500. The van der Waals surface area contributed by atoms with Gasteiger partial charge >= 0.3 is 0 Å². The Bertz CT molecular complexity index is 663. The third kappa shape index (κ3) is 2.31. The van der Waals surface area contributed by atoms with Gasteiger partial charge in [0.1, 0.15) is 11.9 Å². The normalized spacial score (nSPS) is 20.1. The van der Waals surface area contributed by atoms with E-state index in [0.717, 1.165) is 36.2 Å². The highest BCUT2D eigenvalue weighted by molar-refractivity contribution is 5.81. The minimum Gasteiger partial charge on any atom is -0.384 e. The summed E-state index contributed by atoms with van der Waals surface area (Å²) in [5, 5.41) is 9.59. The van der Waals surface area contributed by atoms with Gasteiger partial charge in [0.25, 0.3) is 5.91 Å². The highest BCUT2D eigenvalue weighted by atomic mass is 16.3. The van der Waals surface area contributed by atoms with Gasteiger partial charge in [-0.1, -0.05) is 12.1 Å². The average Bonchev–Trinajstić information content (AvgIpc) is 3.09. The molecule has 1 aromatic heterocycles. The Labute approximate surface area is 124 Å². The van der Waals surface area contributed by atoms with Gasteiger partial charge in [0, 0.05) is 13.1 Å². The number of rotatable bonds is 3. The fourth-order valence-electron chi connectivity index (χ4n) is 3.22. The quantitative estimate of drug-likeness (QED) is 0.940. The van der Waals surface area contributed by atoms with Crippen LogP contribution in [0, 0.1) is 0 Å². The van der Waals surface area contributed by atoms with Gasteiger partial charge in [0.05, 0.1) is 17.1 Å². The van der Waals surface area contributed by atoms with Gasteiger partial charge in [0.2, 0.25) is 0 Å². The minimum atomic E-state index is -0.954. The van der Waals surface area contributed by atoms with Gasteiger partial charge < -0.3 is 14.6 Å². The lowest BCUT2D eigenvalue weighted by Gasteiger charge is -2.26. The van der Waals surface area contributed by atoms with Crippen LogP contribution in [0.15, 0.2) is 24.3 Å². The molecule has 1 amide bonds. The molecule has 0 bridgehead atoms. The summed E-state index contributed by atoms with van der Waals surface area (Å²) >= 11 is 0. The van der Waals surface area contributed by atoms with E-state index in [-0.39, 0.29) is 11.9 Å². The first-order valence-corrected chi connectivity index (χ1v) is 7.57. The van der Waals surface area contributed by atoms with Crippen LogP contribution in [0.4, 0.5) is 0 Å². The van der Waals surface area contributed by atoms with Crippen LogP contribution in [0.25, 0.3) is 11.0 Å². The number of benzene rings is 1. The number of aryl methyl sites for hydroxylation is 1. The Morgan fingerprint density at radius 3 is 2.95 bits per heavy atom. The molecule has 2 aromatic rings. The Morgan fingerprint density at radius 2 is 2.24 bits per heavy atom. The van der Waals surface area contributed by atoms with Crippen LogP contribution >= 0.6 is 0 Å². The predicted octanol–water partition coefficient (Wildman–Crippen LogP) is 2.10. The summed E-state index contributed by atoms with van der Waals surface area (Å²) in [5.74, 6) is 0.734. The van der Waals surface area contributed by atoms with Crippen molar-refractivity contribution in [2.24, 2.45) is 0 Å². The molecule has 5 nitrogen and oxygen atoms in total. The number of fused-ring (bicyclic) bond motifs is 1. The van der Waals surface area contributed by atoms with E-state index in [9.17, 15) is 9.90 Å². The summed E-state index contributed by atoms with van der Waals surface area (Å²) in [4.78, 5) is 18.7. The lowest BCUT2D eigenvalue weighted by molar-refractivity contribution is -0.140. The highest BCUT2D eigenvalue weighted by Gasteiger charge is 2.34. The van der Waals surface area contributed by atoms with Crippen molar-refractivity contribution in [1.29, 1.82) is 0 Å². The van der Waals surface area contributed by atoms with E-state index in [1.165, 1.54) is 6.92 Å². The van der Waals surface area contributed by atoms with E-state index in [2.05, 4.69) is 17.6 Å². The maximum absolute atomic E-state index is 12.2. The molecule has 1 aliphatic heterocycles. The molecule has 2 heterocycles. The van der Waals surface area contributed by atoms with Gasteiger partial charge in [-0.15, -0.1) is 0 Å². The van der Waals surface area contributed by atoms with Crippen LogP contribution in [0.2, 0.25) is 0 Å². The van der Waals surface area contributed by atoms with Crippen molar-refractivity contribution in [3.63, 3.8) is 0 Å². The lowest BCUT2D eigenvalue weighted by atomic mass is 10.2. The van der Waals surface area contributed by atoms with E-state index in [1.54, 1.807) is 4.90 Å². The molecule has 0 aliphatic carbocycles. The first-order valence-electron chi connectivity index (χ1n) is 7.57. The summed E-state index contributed by atoms with van der Waals surface area (Å²) < 4.78 is 2.17. The number of para-hydroxylation sites is 2. The molecule has 0 spiro atoms. The van der Waals surface area contributed by atoms with Crippen LogP contribution < -0.4 is 0 Å². The number of hydrogen-bond acceptors (Lipinski definition) is 3. The van der Waals surface area contributed by atoms with E-state index in [4.69, 9.17) is 4.98 Å². The maximum atomic E-state index is 12.2. The molecule has 2 unspecified atom stereocenters. The molecular weight excluding hydrogens is 266 g/mol. The van der Waals surface area contributed by atoms with Crippen LogP contribution in [-0.4, -0.2) is 38.1 Å². The number of carbonyl (C=O) groups is 1. The third-order valence-corrected chi connectivity index (χ3v) is 4.19. The van der Waals surface area contributed by atoms with E-state index < -0.39 is 6.10 Å². The molecule has 2 atom stereocenters. The number of imidazole rings is 1. The van der Waals surface area contributed by atoms with E-state index in [0.29, 0.717) is 6.54 Å². The van der Waals surface area contributed by atoms with Crippen molar-refractivity contribution in [2.75, 3.05) is 6.54 Å². The van der Waals surface area contributed by atoms with Gasteiger partial charge in [-0.25, -0.2) is 4.98 Å². The molecule has 21 heavy (non-hydrogen) atoms. The Balaban J connectivity index is 2.05. The first kappa shape index (κ1) is 14.1. The monoisotopic (exact) mass is 287 g/mol. The predicted molar refractivity (Wildman–Crippen MR) is 80.8 cm³/mol. The number of aliphatic hydroxyl groups excluding tert-OH is 1. The lowest BCUT2D eigenvalue weighted by Crippen LogP contribution is -2.38. The smallest absolute Gasteiger partial charge is 0.251 e. The Morgan fingerprint density at radius 1 is 1.48 bits per heavy atom. The summed E-state index contributed by atoms with van der Waals surface area (Å²) in [7, 11) is 0.